The van der Waals surface area contributed by atoms with Gasteiger partial charge in [0, 0.05) is 39.9 Å². The minimum atomic E-state index is -1.39. The van der Waals surface area contributed by atoms with Crippen molar-refractivity contribution in [3.63, 3.8) is 0 Å². The summed E-state index contributed by atoms with van der Waals surface area (Å²) in [6.07, 6.45) is 2.29. The van der Waals surface area contributed by atoms with E-state index in [4.69, 9.17) is 33.0 Å². The van der Waals surface area contributed by atoms with Crippen molar-refractivity contribution in [1.29, 1.82) is 0 Å². The molecule has 2 saturated heterocycles. The van der Waals surface area contributed by atoms with Crippen LogP contribution in [0, 0.1) is 36.0 Å². The number of hydrogen-bond acceptors (Lipinski definition) is 9. The molecular weight excluding hydrogens is 848 g/mol. The highest BCUT2D eigenvalue weighted by Crippen LogP contribution is 2.64. The number of thiophene rings is 1. The Morgan fingerprint density at radius 1 is 0.887 bits per heavy atom. The van der Waals surface area contributed by atoms with Gasteiger partial charge in [0.25, 0.3) is 0 Å². The molecule has 4 heterocycles. The monoisotopic (exact) mass is 884 g/mol. The quantitative estimate of drug-likeness (QED) is 0.0952. The number of benzene rings is 4. The van der Waals surface area contributed by atoms with E-state index in [0.717, 1.165) is 26.1 Å². The number of methoxy groups -OCH3 is 1. The zero-order valence-corrected chi connectivity index (χ0v) is 36.2. The predicted molar refractivity (Wildman–Crippen MR) is 237 cm³/mol. The number of hydrogen-bond donors (Lipinski definition) is 1. The van der Waals surface area contributed by atoms with Crippen molar-refractivity contribution >= 4 is 85.5 Å². The van der Waals surface area contributed by atoms with Crippen LogP contribution < -0.4 is 14.5 Å². The Morgan fingerprint density at radius 2 is 1.61 bits per heavy atom. The molecule has 62 heavy (non-hydrogen) atoms. The maximum absolute atomic E-state index is 15.3. The number of ether oxygens (including phenoxy) is 1. The van der Waals surface area contributed by atoms with Crippen molar-refractivity contribution in [3.05, 3.63) is 135 Å². The summed E-state index contributed by atoms with van der Waals surface area (Å²) in [6, 6.07) is 25.9. The Hall–Kier alpha value is -6.08. The van der Waals surface area contributed by atoms with Crippen molar-refractivity contribution in [3.8, 4) is 22.1 Å². The molecule has 4 aromatic carbocycles. The molecule has 14 heteroatoms. The molecule has 0 bridgehead atoms. The molecule has 6 aromatic rings. The molecule has 4 amide bonds. The highest BCUT2D eigenvalue weighted by atomic mass is 35.5. The molecule has 312 valence electrons. The summed E-state index contributed by atoms with van der Waals surface area (Å²) in [4.78, 5) is 75.8. The van der Waals surface area contributed by atoms with E-state index in [-0.39, 0.29) is 41.1 Å². The Bertz CT molecular complexity index is 2980. The molecule has 11 nitrogen and oxygen atoms in total. The number of aromatic hydroxyl groups is 1. The molecule has 10 rings (SSSR count). The third kappa shape index (κ3) is 5.76. The third-order valence-electron chi connectivity index (χ3n) is 13.5. The highest BCUT2D eigenvalue weighted by molar-refractivity contribution is 7.22. The molecule has 2 aliphatic heterocycles. The van der Waals surface area contributed by atoms with Crippen LogP contribution in [0.4, 0.5) is 11.5 Å². The summed E-state index contributed by atoms with van der Waals surface area (Å²) < 4.78 is 8.09. The van der Waals surface area contributed by atoms with Gasteiger partial charge in [-0.05, 0) is 104 Å². The van der Waals surface area contributed by atoms with Gasteiger partial charge in [0.15, 0.2) is 17.3 Å². The number of aryl methyl sites for hydroxylation is 2. The molecule has 6 atom stereocenters. The van der Waals surface area contributed by atoms with E-state index < -0.39 is 52.7 Å². The molecule has 4 aliphatic rings. The van der Waals surface area contributed by atoms with Crippen LogP contribution in [0.2, 0.25) is 10.0 Å². The molecule has 2 aromatic heterocycles. The number of amides is 4. The number of carbonyl (C=O) groups excluding carboxylic acids is 5. The number of carbonyl (C=O) groups is 5. The van der Waals surface area contributed by atoms with Gasteiger partial charge in [0.2, 0.25) is 23.6 Å². The van der Waals surface area contributed by atoms with E-state index in [2.05, 4.69) is 0 Å². The smallest absolute Gasteiger partial charge is 0.242 e. The highest BCUT2D eigenvalue weighted by Gasteiger charge is 2.68. The van der Waals surface area contributed by atoms with E-state index in [1.54, 1.807) is 92.0 Å². The number of imide groups is 2. The second-order valence-electron chi connectivity index (χ2n) is 16.7. The molecule has 6 unspecified atom stereocenters. The van der Waals surface area contributed by atoms with Crippen LogP contribution in [-0.2, 0) is 26.2 Å². The fourth-order valence-corrected chi connectivity index (χ4v) is 12.1. The first kappa shape index (κ1) is 40.0. The molecule has 1 N–H and O–H groups in total. The Kier molecular flexibility index (Phi) is 9.36. The number of anilines is 2. The Labute approximate surface area is 370 Å². The summed E-state index contributed by atoms with van der Waals surface area (Å²) >= 11 is 14.5. The maximum Gasteiger partial charge on any atom is 0.242 e. The van der Waals surface area contributed by atoms with Crippen LogP contribution in [0.3, 0.4) is 0 Å². The number of rotatable bonds is 7. The van der Waals surface area contributed by atoms with Crippen LogP contribution in [0.25, 0.3) is 20.7 Å². The average Bonchev–Trinajstić information content (AvgIpc) is 3.94. The predicted octanol–water partition coefficient (Wildman–Crippen LogP) is 9.30. The van der Waals surface area contributed by atoms with Gasteiger partial charge < -0.3 is 9.84 Å². The minimum absolute atomic E-state index is 0.00621. The Balaban J connectivity index is 1.05. The van der Waals surface area contributed by atoms with Gasteiger partial charge in [-0.25, -0.2) is 4.90 Å². The van der Waals surface area contributed by atoms with E-state index in [1.165, 1.54) is 21.6 Å². The van der Waals surface area contributed by atoms with Crippen LogP contribution in [0.1, 0.15) is 52.7 Å². The zero-order valence-electron chi connectivity index (χ0n) is 33.9. The van der Waals surface area contributed by atoms with E-state index in [0.29, 0.717) is 38.9 Å². The van der Waals surface area contributed by atoms with Gasteiger partial charge in [0.1, 0.15) is 11.5 Å². The van der Waals surface area contributed by atoms with Gasteiger partial charge in [-0.2, -0.15) is 5.10 Å². The fraction of sp³-hybridized carbons (Fsp3) is 0.250. The number of aromatic nitrogens is 2. The number of nitrogens with zero attached hydrogens (tertiary/aromatic N) is 4. The Morgan fingerprint density at radius 3 is 2.34 bits per heavy atom. The standard InChI is InChI=1S/C48H38Cl2N4O7S/c1-23-31-20-27(49)12-17-37(31)62-43(23)35-22-38(52(3)51-35)54-45(58)33-21-32-29(40(48(33,2)47(54)60)26-18-34(50)42(56)36(19-26)61-4)15-16-30-39(32)46(59)53(44(30)57)28-13-10-25(11-14-28)41(55)24-8-6-5-7-9-24/h5-15,17-20,22,30,32-33,39-40,56H,16,21H2,1-4H3. The van der Waals surface area contributed by atoms with Crippen LogP contribution in [0.15, 0.2) is 103 Å². The van der Waals surface area contributed by atoms with Gasteiger partial charge in [0.05, 0.1) is 45.9 Å². The number of fused-ring (bicyclic) bond motifs is 5. The fourth-order valence-electron chi connectivity index (χ4n) is 10.5. The van der Waals surface area contributed by atoms with E-state index in [1.807, 2.05) is 37.3 Å². The molecule has 1 saturated carbocycles. The van der Waals surface area contributed by atoms with Gasteiger partial charge in [-0.1, -0.05) is 65.2 Å². The summed E-state index contributed by atoms with van der Waals surface area (Å²) in [5.74, 6) is -5.63. The van der Waals surface area contributed by atoms with Crippen LogP contribution >= 0.6 is 34.5 Å². The lowest BCUT2D eigenvalue weighted by Crippen LogP contribution is -2.49. The molecule has 3 fully saturated rings. The molecule has 0 spiro atoms. The summed E-state index contributed by atoms with van der Waals surface area (Å²) in [7, 11) is 3.09. The second-order valence-corrected chi connectivity index (χ2v) is 18.6. The number of ketones is 1. The lowest BCUT2D eigenvalue weighted by atomic mass is 9.51. The molecular formula is C48H38Cl2N4O7S. The molecule has 2 aliphatic carbocycles. The minimum Gasteiger partial charge on any atom is -0.503 e. The summed E-state index contributed by atoms with van der Waals surface area (Å²) in [6.45, 7) is 3.77. The average molecular weight is 886 g/mol. The number of allylic oxidation sites excluding steroid dienone is 2. The SMILES string of the molecule is COc1cc(C2C3=CCC4C(=O)N(c5ccc(C(=O)c6ccccc6)cc5)C(=O)C4C3CC3C(=O)N(c4cc(-c5sc6ccc(Cl)cc6c5C)nn4C)C(=O)C32C)cc(Cl)c1O. The lowest BCUT2D eigenvalue weighted by Gasteiger charge is -2.49. The largest absolute Gasteiger partial charge is 0.503 e. The second kappa shape index (κ2) is 14.5. The normalized spacial score (nSPS) is 24.4. The first-order valence-corrected chi connectivity index (χ1v) is 21.8. The number of halogens is 2. The topological polar surface area (TPSA) is 139 Å². The van der Waals surface area contributed by atoms with Crippen molar-refractivity contribution < 1.29 is 33.8 Å². The summed E-state index contributed by atoms with van der Waals surface area (Å²) in [5, 5.41) is 17.2. The van der Waals surface area contributed by atoms with Crippen molar-refractivity contribution in [1.82, 2.24) is 9.78 Å². The first-order chi connectivity index (χ1) is 29.7. The number of phenols is 1. The maximum atomic E-state index is 15.3. The van der Waals surface area contributed by atoms with Crippen molar-refractivity contribution in [2.24, 2.45) is 36.1 Å². The van der Waals surface area contributed by atoms with E-state index >= 15 is 9.59 Å². The van der Waals surface area contributed by atoms with Crippen molar-refractivity contribution in [2.45, 2.75) is 32.6 Å². The number of phenolic OH excluding ortho intramolecular Hbond substituents is 1. The summed E-state index contributed by atoms with van der Waals surface area (Å²) in [5.41, 5.74) is 2.72. The van der Waals surface area contributed by atoms with Crippen LogP contribution in [0.5, 0.6) is 11.5 Å². The first-order valence-electron chi connectivity index (χ1n) is 20.2. The van der Waals surface area contributed by atoms with Gasteiger partial charge in [-0.3, -0.25) is 33.6 Å². The van der Waals surface area contributed by atoms with E-state index in [9.17, 15) is 19.5 Å². The van der Waals surface area contributed by atoms with Crippen molar-refractivity contribution in [2.75, 3.05) is 16.9 Å². The van der Waals surface area contributed by atoms with Crippen LogP contribution in [-0.4, -0.2) is 51.4 Å². The molecule has 0 radical (unpaired) electrons. The van der Waals surface area contributed by atoms with Gasteiger partial charge in [-0.15, -0.1) is 11.3 Å². The van der Waals surface area contributed by atoms with Gasteiger partial charge >= 0.3 is 0 Å². The third-order valence-corrected chi connectivity index (χ3v) is 15.3. The zero-order chi connectivity index (χ0) is 43.5. The lowest BCUT2D eigenvalue weighted by molar-refractivity contribution is -0.131.